The van der Waals surface area contributed by atoms with Crippen LogP contribution in [-0.2, 0) is 10.2 Å². The van der Waals surface area contributed by atoms with Gasteiger partial charge in [-0.25, -0.2) is 4.68 Å². The monoisotopic (exact) mass is 554 g/mol. The molecule has 3 aromatic carbocycles. The molecule has 2 amide bonds. The number of aryl methyl sites for hydroxylation is 1. The normalized spacial score (nSPS) is 17.5. The summed E-state index contributed by atoms with van der Waals surface area (Å²) in [7, 11) is 0. The SMILES string of the molecule is Cc1cc(Cl)ccc1C(=O)N1CCCC(C(=O)Nc2cccc(C(C)(C)C)c2)C1c1ccc(-n2cccn2)cc1. The Morgan fingerprint density at radius 1 is 1.00 bits per heavy atom. The fourth-order valence-corrected chi connectivity index (χ4v) is 5.70. The van der Waals surface area contributed by atoms with Crippen LogP contribution in [0.2, 0.25) is 5.02 Å². The van der Waals surface area contributed by atoms with Crippen molar-refractivity contribution in [1.82, 2.24) is 14.7 Å². The van der Waals surface area contributed by atoms with Crippen molar-refractivity contribution >= 4 is 29.1 Å². The first kappa shape index (κ1) is 27.7. The molecule has 2 atom stereocenters. The summed E-state index contributed by atoms with van der Waals surface area (Å²) >= 11 is 6.19. The highest BCUT2D eigenvalue weighted by molar-refractivity contribution is 6.30. The number of nitrogens with one attached hydrogen (secondary N) is 1. The maximum atomic E-state index is 14.0. The third-order valence-corrected chi connectivity index (χ3v) is 7.88. The molecule has 1 fully saturated rings. The summed E-state index contributed by atoms with van der Waals surface area (Å²) in [5.41, 5.74) is 5.12. The first-order valence-electron chi connectivity index (χ1n) is 13.7. The number of aromatic nitrogens is 2. The van der Waals surface area contributed by atoms with E-state index in [0.717, 1.165) is 34.5 Å². The van der Waals surface area contributed by atoms with E-state index in [-0.39, 0.29) is 17.2 Å². The lowest BCUT2D eigenvalue weighted by molar-refractivity contribution is -0.123. The second-order valence-corrected chi connectivity index (χ2v) is 12.0. The number of carbonyl (C=O) groups excluding carboxylic acids is 2. The number of carbonyl (C=O) groups is 2. The van der Waals surface area contributed by atoms with Crippen molar-refractivity contribution in [2.75, 3.05) is 11.9 Å². The number of piperidine rings is 1. The minimum absolute atomic E-state index is 0.0376. The van der Waals surface area contributed by atoms with E-state index in [2.05, 4.69) is 37.3 Å². The standard InChI is InChI=1S/C33H35ClN4O2/c1-22-20-25(34)13-16-28(22)32(40)37-18-6-10-29(31(39)36-26-9-5-8-24(21-26)33(2,3)4)30(37)23-11-14-27(15-12-23)38-19-7-17-35-38/h5,7-9,11-17,19-21,29-30H,6,10,18H2,1-4H3,(H,36,39). The van der Waals surface area contributed by atoms with E-state index in [1.807, 2.05) is 66.6 Å². The predicted molar refractivity (Wildman–Crippen MR) is 160 cm³/mol. The van der Waals surface area contributed by atoms with E-state index in [0.29, 0.717) is 23.6 Å². The van der Waals surface area contributed by atoms with Gasteiger partial charge in [0.25, 0.3) is 5.91 Å². The minimum atomic E-state index is -0.422. The largest absolute Gasteiger partial charge is 0.331 e. The molecule has 2 unspecified atom stereocenters. The first-order valence-corrected chi connectivity index (χ1v) is 14.1. The summed E-state index contributed by atoms with van der Waals surface area (Å²) < 4.78 is 1.79. The molecule has 40 heavy (non-hydrogen) atoms. The van der Waals surface area contributed by atoms with Crippen LogP contribution >= 0.6 is 11.6 Å². The zero-order valence-electron chi connectivity index (χ0n) is 23.4. The Labute approximate surface area is 241 Å². The van der Waals surface area contributed by atoms with Crippen LogP contribution < -0.4 is 5.32 Å². The van der Waals surface area contributed by atoms with Gasteiger partial charge < -0.3 is 10.2 Å². The molecule has 0 radical (unpaired) electrons. The van der Waals surface area contributed by atoms with Crippen molar-refractivity contribution in [3.63, 3.8) is 0 Å². The quantitative estimate of drug-likeness (QED) is 0.280. The fourth-order valence-electron chi connectivity index (χ4n) is 5.48. The molecule has 4 aromatic rings. The van der Waals surface area contributed by atoms with Gasteiger partial charge in [0.2, 0.25) is 5.91 Å². The van der Waals surface area contributed by atoms with E-state index < -0.39 is 12.0 Å². The van der Waals surface area contributed by atoms with E-state index in [4.69, 9.17) is 11.6 Å². The lowest BCUT2D eigenvalue weighted by atomic mass is 9.83. The average Bonchev–Trinajstić information content (AvgIpc) is 3.47. The Hall–Kier alpha value is -3.90. The predicted octanol–water partition coefficient (Wildman–Crippen LogP) is 7.36. The Bertz CT molecular complexity index is 1510. The van der Waals surface area contributed by atoms with Gasteiger partial charge in [0.15, 0.2) is 0 Å². The number of hydrogen-bond donors (Lipinski definition) is 1. The number of rotatable bonds is 5. The molecule has 0 aliphatic carbocycles. The van der Waals surface area contributed by atoms with Gasteiger partial charge in [0, 0.05) is 35.2 Å². The van der Waals surface area contributed by atoms with Gasteiger partial charge >= 0.3 is 0 Å². The molecule has 0 spiro atoms. The fraction of sp³-hybridized carbons (Fsp3) is 0.303. The van der Waals surface area contributed by atoms with Gasteiger partial charge in [-0.05, 0) is 90.4 Å². The van der Waals surface area contributed by atoms with E-state index in [9.17, 15) is 9.59 Å². The maximum Gasteiger partial charge on any atom is 0.254 e. The zero-order valence-corrected chi connectivity index (χ0v) is 24.2. The number of nitrogens with zero attached hydrogens (tertiary/aromatic N) is 3. The van der Waals surface area contributed by atoms with Crippen LogP contribution in [0.4, 0.5) is 5.69 Å². The number of anilines is 1. The second kappa shape index (κ2) is 11.3. The van der Waals surface area contributed by atoms with Crippen molar-refractivity contribution < 1.29 is 9.59 Å². The summed E-state index contributed by atoms with van der Waals surface area (Å²) in [5, 5.41) is 8.08. The zero-order chi connectivity index (χ0) is 28.4. The Balaban J connectivity index is 1.50. The van der Waals surface area contributed by atoms with Crippen molar-refractivity contribution in [2.24, 2.45) is 5.92 Å². The van der Waals surface area contributed by atoms with Gasteiger partial charge in [-0.2, -0.15) is 5.10 Å². The summed E-state index contributed by atoms with van der Waals surface area (Å²) in [6, 6.07) is 22.8. The van der Waals surface area contributed by atoms with Crippen molar-refractivity contribution in [3.8, 4) is 5.69 Å². The van der Waals surface area contributed by atoms with Gasteiger partial charge in [-0.1, -0.05) is 56.6 Å². The molecule has 2 heterocycles. The molecular formula is C33H35ClN4O2. The lowest BCUT2D eigenvalue weighted by Gasteiger charge is -2.41. The molecule has 1 aliphatic rings. The van der Waals surface area contributed by atoms with Crippen LogP contribution in [0.3, 0.4) is 0 Å². The second-order valence-electron chi connectivity index (χ2n) is 11.5. The summed E-state index contributed by atoms with van der Waals surface area (Å²) in [4.78, 5) is 29.7. The number of halogens is 1. The van der Waals surface area contributed by atoms with Crippen LogP contribution in [0.25, 0.3) is 5.69 Å². The topological polar surface area (TPSA) is 67.2 Å². The summed E-state index contributed by atoms with van der Waals surface area (Å²) in [5.74, 6) is -0.598. The number of benzene rings is 3. The number of hydrogen-bond acceptors (Lipinski definition) is 3. The molecule has 6 nitrogen and oxygen atoms in total. The third-order valence-electron chi connectivity index (χ3n) is 7.65. The van der Waals surface area contributed by atoms with Gasteiger partial charge in [-0.3, -0.25) is 9.59 Å². The highest BCUT2D eigenvalue weighted by atomic mass is 35.5. The molecular weight excluding hydrogens is 520 g/mol. The van der Waals surface area contributed by atoms with Crippen molar-refractivity contribution in [2.45, 2.75) is 52.0 Å². The molecule has 0 saturated carbocycles. The smallest absolute Gasteiger partial charge is 0.254 e. The Morgan fingerprint density at radius 2 is 1.77 bits per heavy atom. The van der Waals surface area contributed by atoms with E-state index >= 15 is 0 Å². The van der Waals surface area contributed by atoms with Crippen LogP contribution in [0.15, 0.2) is 85.2 Å². The van der Waals surface area contributed by atoms with Crippen LogP contribution in [0.5, 0.6) is 0 Å². The molecule has 1 aliphatic heterocycles. The van der Waals surface area contributed by atoms with E-state index in [1.165, 1.54) is 0 Å². The molecule has 206 valence electrons. The highest BCUT2D eigenvalue weighted by Gasteiger charge is 2.40. The van der Waals surface area contributed by atoms with Crippen molar-refractivity contribution in [3.05, 3.63) is 112 Å². The Kier molecular flexibility index (Phi) is 7.81. The first-order chi connectivity index (χ1) is 19.1. The number of likely N-dealkylation sites (tertiary alicyclic amines) is 1. The van der Waals surface area contributed by atoms with Gasteiger partial charge in [-0.15, -0.1) is 0 Å². The average molecular weight is 555 g/mol. The minimum Gasteiger partial charge on any atom is -0.331 e. The third kappa shape index (κ3) is 5.82. The van der Waals surface area contributed by atoms with Crippen LogP contribution in [-0.4, -0.2) is 33.0 Å². The van der Waals surface area contributed by atoms with Crippen LogP contribution in [0, 0.1) is 12.8 Å². The molecule has 1 saturated heterocycles. The lowest BCUT2D eigenvalue weighted by Crippen LogP contribution is -2.46. The van der Waals surface area contributed by atoms with Gasteiger partial charge in [0.1, 0.15) is 0 Å². The van der Waals surface area contributed by atoms with Crippen LogP contribution in [0.1, 0.15) is 66.7 Å². The molecule has 0 bridgehead atoms. The molecule has 5 rings (SSSR count). The molecule has 7 heteroatoms. The maximum absolute atomic E-state index is 14.0. The van der Waals surface area contributed by atoms with Gasteiger partial charge in [0.05, 0.1) is 17.6 Å². The number of amides is 2. The van der Waals surface area contributed by atoms with E-state index in [1.54, 1.807) is 29.1 Å². The Morgan fingerprint density at radius 3 is 2.45 bits per heavy atom. The molecule has 1 N–H and O–H groups in total. The highest BCUT2D eigenvalue weighted by Crippen LogP contribution is 2.39. The van der Waals surface area contributed by atoms with Crippen molar-refractivity contribution in [1.29, 1.82) is 0 Å². The summed E-state index contributed by atoms with van der Waals surface area (Å²) in [6.45, 7) is 8.92. The summed E-state index contributed by atoms with van der Waals surface area (Å²) in [6.07, 6.45) is 5.04. The molecule has 1 aromatic heterocycles.